The van der Waals surface area contributed by atoms with Crippen molar-refractivity contribution in [2.45, 2.75) is 6.92 Å². The lowest BCUT2D eigenvalue weighted by atomic mass is 10.0. The zero-order chi connectivity index (χ0) is 23.7. The number of amides is 1. The van der Waals surface area contributed by atoms with Gasteiger partial charge in [-0.1, -0.05) is 0 Å². The van der Waals surface area contributed by atoms with Crippen molar-refractivity contribution in [3.8, 4) is 11.6 Å². The van der Waals surface area contributed by atoms with Crippen molar-refractivity contribution in [1.29, 1.82) is 0 Å². The number of carbonyl (C=O) groups excluding carboxylic acids is 1. The van der Waals surface area contributed by atoms with Gasteiger partial charge in [0.05, 0.1) is 30.4 Å². The first-order valence-corrected chi connectivity index (χ1v) is 10.9. The van der Waals surface area contributed by atoms with Crippen LogP contribution in [-0.4, -0.2) is 62.1 Å². The number of imidazole rings is 1. The number of aromatic nitrogens is 5. The highest BCUT2D eigenvalue weighted by molar-refractivity contribution is 5.95. The molecular formula is C24H25N7O3. The van der Waals surface area contributed by atoms with Crippen LogP contribution in [0.25, 0.3) is 11.2 Å². The zero-order valence-corrected chi connectivity index (χ0v) is 19.2. The molecule has 0 radical (unpaired) electrons. The van der Waals surface area contributed by atoms with Gasteiger partial charge in [-0.25, -0.2) is 9.97 Å². The van der Waals surface area contributed by atoms with Crippen LogP contribution in [0, 0.1) is 12.8 Å². The van der Waals surface area contributed by atoms with E-state index < -0.39 is 0 Å². The molecule has 0 spiro atoms. The summed E-state index contributed by atoms with van der Waals surface area (Å²) >= 11 is 0. The Bertz CT molecular complexity index is 1330. The molecule has 0 aromatic carbocycles. The second-order valence-electron chi connectivity index (χ2n) is 8.37. The van der Waals surface area contributed by atoms with Crippen LogP contribution < -0.4 is 10.1 Å². The second kappa shape index (κ2) is 9.06. The van der Waals surface area contributed by atoms with E-state index in [4.69, 9.17) is 9.47 Å². The van der Waals surface area contributed by atoms with E-state index in [2.05, 4.69) is 25.3 Å². The van der Waals surface area contributed by atoms with Gasteiger partial charge in [-0.15, -0.1) is 0 Å². The number of aryl methyl sites for hydroxylation is 2. The first-order chi connectivity index (χ1) is 16.5. The molecule has 1 aliphatic heterocycles. The molecule has 5 rings (SSSR count). The number of pyridine rings is 3. The number of ether oxygens (including phenoxy) is 2. The van der Waals surface area contributed by atoms with Crippen LogP contribution >= 0.6 is 0 Å². The van der Waals surface area contributed by atoms with Gasteiger partial charge in [0.15, 0.2) is 11.4 Å². The normalized spacial score (nSPS) is 13.7. The fourth-order valence-corrected chi connectivity index (χ4v) is 3.88. The van der Waals surface area contributed by atoms with E-state index in [-0.39, 0.29) is 5.91 Å². The first kappa shape index (κ1) is 21.8. The van der Waals surface area contributed by atoms with Crippen molar-refractivity contribution in [3.05, 3.63) is 60.3 Å². The minimum Gasteiger partial charge on any atom is -0.437 e. The van der Waals surface area contributed by atoms with Crippen molar-refractivity contribution in [1.82, 2.24) is 29.4 Å². The molecule has 34 heavy (non-hydrogen) atoms. The van der Waals surface area contributed by atoms with Crippen LogP contribution in [0.15, 0.2) is 49.2 Å². The fraction of sp³-hybridized carbons (Fsp3) is 0.292. The summed E-state index contributed by atoms with van der Waals surface area (Å²) in [6.07, 6.45) is 6.65. The van der Waals surface area contributed by atoms with Crippen molar-refractivity contribution in [2.75, 3.05) is 32.1 Å². The fourth-order valence-electron chi connectivity index (χ4n) is 3.88. The smallest absolute Gasteiger partial charge is 0.255 e. The topological polar surface area (TPSA) is 107 Å². The van der Waals surface area contributed by atoms with E-state index in [9.17, 15) is 4.79 Å². The molecule has 0 aliphatic carbocycles. The monoisotopic (exact) mass is 459 g/mol. The summed E-state index contributed by atoms with van der Waals surface area (Å²) in [5, 5.41) is 3.28. The molecule has 1 N–H and O–H groups in total. The predicted octanol–water partition coefficient (Wildman–Crippen LogP) is 3.32. The van der Waals surface area contributed by atoms with Crippen molar-refractivity contribution in [2.24, 2.45) is 13.0 Å². The molecule has 10 nitrogen and oxygen atoms in total. The Morgan fingerprint density at radius 3 is 2.79 bits per heavy atom. The number of likely N-dealkylation sites (tertiary alicyclic amines) is 1. The molecule has 1 saturated heterocycles. The van der Waals surface area contributed by atoms with Gasteiger partial charge in [0, 0.05) is 51.6 Å². The second-order valence-corrected chi connectivity index (χ2v) is 8.37. The van der Waals surface area contributed by atoms with E-state index in [1.165, 1.54) is 0 Å². The molecule has 0 atom stereocenters. The summed E-state index contributed by atoms with van der Waals surface area (Å²) < 4.78 is 13.0. The van der Waals surface area contributed by atoms with E-state index >= 15 is 0 Å². The van der Waals surface area contributed by atoms with Crippen LogP contribution in [0.5, 0.6) is 11.6 Å². The highest BCUT2D eigenvalue weighted by atomic mass is 16.5. The van der Waals surface area contributed by atoms with Gasteiger partial charge in [0.2, 0.25) is 5.88 Å². The number of methoxy groups -OCH3 is 1. The summed E-state index contributed by atoms with van der Waals surface area (Å²) in [5.41, 5.74) is 3.55. The summed E-state index contributed by atoms with van der Waals surface area (Å²) in [6.45, 7) is 4.04. The van der Waals surface area contributed by atoms with Gasteiger partial charge in [-0.2, -0.15) is 4.98 Å². The Labute approximate surface area is 196 Å². The summed E-state index contributed by atoms with van der Waals surface area (Å²) in [5.74, 6) is 2.00. The highest BCUT2D eigenvalue weighted by Crippen LogP contribution is 2.31. The third kappa shape index (κ3) is 4.27. The predicted molar refractivity (Wildman–Crippen MR) is 126 cm³/mol. The number of carbonyl (C=O) groups is 1. The summed E-state index contributed by atoms with van der Waals surface area (Å²) in [6, 6.07) is 7.20. The number of nitrogens with one attached hydrogen (secondary N) is 1. The van der Waals surface area contributed by atoms with Gasteiger partial charge in [-0.05, 0) is 30.7 Å². The van der Waals surface area contributed by atoms with E-state index in [1.807, 2.05) is 24.6 Å². The quantitative estimate of drug-likeness (QED) is 0.449. The van der Waals surface area contributed by atoms with Crippen LogP contribution in [0.3, 0.4) is 0 Å². The van der Waals surface area contributed by atoms with Crippen molar-refractivity contribution < 1.29 is 14.3 Å². The Kier molecular flexibility index (Phi) is 5.81. The Morgan fingerprint density at radius 1 is 1.21 bits per heavy atom. The van der Waals surface area contributed by atoms with Gasteiger partial charge < -0.3 is 24.3 Å². The minimum atomic E-state index is -0.0232. The minimum absolute atomic E-state index is 0.0232. The summed E-state index contributed by atoms with van der Waals surface area (Å²) in [4.78, 5) is 32.1. The number of rotatable bonds is 7. The number of anilines is 2. The molecule has 4 aromatic rings. The third-order valence-corrected chi connectivity index (χ3v) is 5.77. The van der Waals surface area contributed by atoms with Crippen molar-refractivity contribution in [3.63, 3.8) is 0 Å². The lowest BCUT2D eigenvalue weighted by Gasteiger charge is -2.38. The first-order valence-electron chi connectivity index (χ1n) is 10.9. The molecule has 0 unspecified atom stereocenters. The zero-order valence-electron chi connectivity index (χ0n) is 19.2. The molecule has 5 heterocycles. The molecule has 0 bridgehead atoms. The summed E-state index contributed by atoms with van der Waals surface area (Å²) in [7, 11) is 3.55. The van der Waals surface area contributed by atoms with Gasteiger partial charge in [0.25, 0.3) is 5.91 Å². The van der Waals surface area contributed by atoms with Gasteiger partial charge in [0.1, 0.15) is 11.3 Å². The van der Waals surface area contributed by atoms with E-state index in [1.54, 1.807) is 55.1 Å². The average molecular weight is 460 g/mol. The molecule has 1 fully saturated rings. The molecule has 1 aliphatic rings. The molecule has 4 aromatic heterocycles. The van der Waals surface area contributed by atoms with Crippen LogP contribution in [-0.2, 0) is 11.8 Å². The average Bonchev–Trinajstić information content (AvgIpc) is 3.18. The molecule has 0 saturated carbocycles. The van der Waals surface area contributed by atoms with Crippen LogP contribution in [0.4, 0.5) is 11.5 Å². The number of nitrogens with zero attached hydrogens (tertiary/aromatic N) is 6. The lowest BCUT2D eigenvalue weighted by Crippen LogP contribution is -2.51. The highest BCUT2D eigenvalue weighted by Gasteiger charge is 2.31. The number of fused-ring (bicyclic) bond motifs is 1. The van der Waals surface area contributed by atoms with Gasteiger partial charge in [-0.3, -0.25) is 9.78 Å². The standard InChI is InChI=1S/C24H25N7O3/c1-15-6-7-25-10-19(15)34-21-8-18(22-23(29-21)30(2)14-27-22)28-20-5-4-17(9-26-20)24(32)31-11-16(12-31)13-33-3/h4-10,14,16H,11-13H2,1-3H3,(H,26,28,29). The maximum absolute atomic E-state index is 12.7. The van der Waals surface area contributed by atoms with E-state index in [0.717, 1.165) is 5.56 Å². The maximum Gasteiger partial charge on any atom is 0.255 e. The lowest BCUT2D eigenvalue weighted by molar-refractivity contribution is 0.0270. The third-order valence-electron chi connectivity index (χ3n) is 5.77. The van der Waals surface area contributed by atoms with Crippen molar-refractivity contribution >= 4 is 28.6 Å². The Hall–Kier alpha value is -4.05. The van der Waals surface area contributed by atoms with E-state index in [0.29, 0.717) is 65.5 Å². The molecule has 10 heteroatoms. The van der Waals surface area contributed by atoms with Crippen LogP contribution in [0.1, 0.15) is 15.9 Å². The largest absolute Gasteiger partial charge is 0.437 e. The number of hydrogen-bond donors (Lipinski definition) is 1. The van der Waals surface area contributed by atoms with Gasteiger partial charge >= 0.3 is 0 Å². The molecule has 1 amide bonds. The Morgan fingerprint density at radius 2 is 2.06 bits per heavy atom. The maximum atomic E-state index is 12.7. The Balaban J connectivity index is 1.36. The SMILES string of the molecule is COCC1CN(C(=O)c2ccc(Nc3cc(Oc4cnccc4C)nc4c3ncn4C)nc2)C1. The number of hydrogen-bond acceptors (Lipinski definition) is 8. The molecular weight excluding hydrogens is 434 g/mol. The van der Waals surface area contributed by atoms with Crippen LogP contribution in [0.2, 0.25) is 0 Å². The molecule has 174 valence electrons.